The minimum Gasteiger partial charge on any atom is -0.478 e. The highest BCUT2D eigenvalue weighted by atomic mass is 16.5. The van der Waals surface area contributed by atoms with Crippen molar-refractivity contribution in [3.8, 4) is 0 Å². The molecule has 0 saturated carbocycles. The average molecular weight is 328 g/mol. The highest BCUT2D eigenvalue weighted by Crippen LogP contribution is 2.52. The van der Waals surface area contributed by atoms with Gasteiger partial charge in [-0.15, -0.1) is 0 Å². The van der Waals surface area contributed by atoms with Crippen LogP contribution >= 0.6 is 0 Å². The summed E-state index contributed by atoms with van der Waals surface area (Å²) in [5, 5.41) is 9.57. The van der Waals surface area contributed by atoms with Gasteiger partial charge in [0.05, 0.1) is 12.2 Å². The fraction of sp³-hybridized carbons (Fsp3) is 0.136. The highest BCUT2D eigenvalue weighted by molar-refractivity contribution is 5.90. The first-order valence-corrected chi connectivity index (χ1v) is 8.38. The van der Waals surface area contributed by atoms with Gasteiger partial charge in [-0.3, -0.25) is 0 Å². The van der Waals surface area contributed by atoms with Gasteiger partial charge in [0.1, 0.15) is 5.60 Å². The van der Waals surface area contributed by atoms with Crippen LogP contribution in [-0.2, 0) is 23.4 Å². The summed E-state index contributed by atoms with van der Waals surface area (Å²) in [6, 6.07) is 22.1. The fourth-order valence-electron chi connectivity index (χ4n) is 4.36. The van der Waals surface area contributed by atoms with Crippen molar-refractivity contribution in [2.24, 2.45) is 0 Å². The number of hydrogen-bond donors (Lipinski definition) is 1. The zero-order valence-electron chi connectivity index (χ0n) is 13.5. The number of carboxylic acids is 1. The monoisotopic (exact) mass is 328 g/mol. The average Bonchev–Trinajstić information content (AvgIpc) is 3.02. The van der Waals surface area contributed by atoms with Crippen LogP contribution in [0.1, 0.15) is 43.7 Å². The molecule has 0 radical (unpaired) electrons. The van der Waals surface area contributed by atoms with E-state index in [0.29, 0.717) is 12.2 Å². The van der Waals surface area contributed by atoms with Gasteiger partial charge < -0.3 is 9.84 Å². The van der Waals surface area contributed by atoms with Crippen LogP contribution < -0.4 is 0 Å². The van der Waals surface area contributed by atoms with Crippen molar-refractivity contribution in [1.82, 2.24) is 0 Å². The maximum atomic E-state index is 11.7. The Balaban J connectivity index is 1.88. The van der Waals surface area contributed by atoms with Crippen molar-refractivity contribution in [3.63, 3.8) is 0 Å². The van der Waals surface area contributed by atoms with Crippen LogP contribution in [0.3, 0.4) is 0 Å². The molecule has 0 bridgehead atoms. The van der Waals surface area contributed by atoms with Gasteiger partial charge in [0, 0.05) is 0 Å². The molecular weight excluding hydrogens is 312 g/mol. The van der Waals surface area contributed by atoms with Gasteiger partial charge in [-0.2, -0.15) is 0 Å². The maximum absolute atomic E-state index is 11.7. The minimum atomic E-state index is -0.908. The van der Waals surface area contributed by atoms with E-state index in [2.05, 4.69) is 24.3 Å². The van der Waals surface area contributed by atoms with Gasteiger partial charge in [0.15, 0.2) is 0 Å². The van der Waals surface area contributed by atoms with E-state index in [1.54, 1.807) is 6.07 Å². The Hall–Kier alpha value is -2.91. The third kappa shape index (κ3) is 1.81. The number of carbonyl (C=O) groups is 1. The molecule has 0 aromatic heterocycles. The Morgan fingerprint density at radius 3 is 2.08 bits per heavy atom. The molecule has 3 heteroatoms. The fourth-order valence-corrected chi connectivity index (χ4v) is 4.36. The van der Waals surface area contributed by atoms with Crippen LogP contribution in [0.5, 0.6) is 0 Å². The van der Waals surface area contributed by atoms with E-state index in [0.717, 1.165) is 28.7 Å². The molecule has 1 spiro atoms. The van der Waals surface area contributed by atoms with E-state index in [-0.39, 0.29) is 0 Å². The molecule has 0 fully saturated rings. The second kappa shape index (κ2) is 5.04. The van der Waals surface area contributed by atoms with E-state index in [4.69, 9.17) is 4.74 Å². The first kappa shape index (κ1) is 14.4. The summed E-state index contributed by atoms with van der Waals surface area (Å²) in [7, 11) is 0. The minimum absolute atomic E-state index is 0.306. The molecule has 1 aliphatic carbocycles. The Kier molecular flexibility index (Phi) is 2.91. The zero-order chi connectivity index (χ0) is 17.0. The predicted molar refractivity (Wildman–Crippen MR) is 93.8 cm³/mol. The van der Waals surface area contributed by atoms with E-state index < -0.39 is 11.6 Å². The van der Waals surface area contributed by atoms with Gasteiger partial charge in [0.2, 0.25) is 0 Å². The lowest BCUT2D eigenvalue weighted by Crippen LogP contribution is -2.34. The largest absolute Gasteiger partial charge is 0.478 e. The molecule has 5 rings (SSSR count). The third-order valence-corrected chi connectivity index (χ3v) is 5.39. The van der Waals surface area contributed by atoms with Crippen LogP contribution in [-0.4, -0.2) is 11.1 Å². The molecule has 25 heavy (non-hydrogen) atoms. The van der Waals surface area contributed by atoms with Crippen LogP contribution in [0.2, 0.25) is 0 Å². The first-order valence-electron chi connectivity index (χ1n) is 8.38. The van der Waals surface area contributed by atoms with Crippen molar-refractivity contribution in [2.45, 2.75) is 18.6 Å². The number of rotatable bonds is 1. The predicted octanol–water partition coefficient (Wildman–Crippen LogP) is 4.11. The Bertz CT molecular complexity index is 974. The molecule has 1 aliphatic heterocycles. The number of hydrogen-bond acceptors (Lipinski definition) is 2. The molecule has 1 heterocycles. The molecule has 1 N–H and O–H groups in total. The number of benzene rings is 3. The summed E-state index contributed by atoms with van der Waals surface area (Å²) in [5.41, 5.74) is 6.05. The Morgan fingerprint density at radius 2 is 1.44 bits per heavy atom. The van der Waals surface area contributed by atoms with E-state index in [1.807, 2.05) is 36.4 Å². The topological polar surface area (TPSA) is 46.5 Å². The molecule has 0 saturated heterocycles. The van der Waals surface area contributed by atoms with Crippen LogP contribution in [0.15, 0.2) is 66.7 Å². The second-order valence-electron chi connectivity index (χ2n) is 6.60. The van der Waals surface area contributed by atoms with Crippen molar-refractivity contribution < 1.29 is 14.6 Å². The SMILES string of the molecule is O=C(O)c1cccc2c1COC21c2ccccc2Cc2ccccc21. The first-order chi connectivity index (χ1) is 12.2. The number of fused-ring (bicyclic) bond motifs is 6. The summed E-state index contributed by atoms with van der Waals surface area (Å²) < 4.78 is 6.43. The van der Waals surface area contributed by atoms with E-state index >= 15 is 0 Å². The smallest absolute Gasteiger partial charge is 0.336 e. The number of ether oxygens (including phenoxy) is 1. The molecule has 0 amide bonds. The molecule has 3 aromatic rings. The Morgan fingerprint density at radius 1 is 0.840 bits per heavy atom. The zero-order valence-corrected chi connectivity index (χ0v) is 13.5. The third-order valence-electron chi connectivity index (χ3n) is 5.39. The number of carboxylic acid groups (broad SMARTS) is 1. The molecule has 122 valence electrons. The lowest BCUT2D eigenvalue weighted by atomic mass is 9.71. The van der Waals surface area contributed by atoms with E-state index in [1.165, 1.54) is 11.1 Å². The van der Waals surface area contributed by atoms with Crippen molar-refractivity contribution >= 4 is 5.97 Å². The molecule has 0 atom stereocenters. The summed E-state index contributed by atoms with van der Waals surface area (Å²) >= 11 is 0. The quantitative estimate of drug-likeness (QED) is 0.731. The Labute approximate surface area is 145 Å². The van der Waals surface area contributed by atoms with Gasteiger partial charge in [-0.25, -0.2) is 4.79 Å². The standard InChI is InChI=1S/C22H16O3/c23-21(24)16-8-5-11-20-17(16)13-25-22(20)18-9-3-1-6-14(18)12-15-7-2-4-10-19(15)22/h1-11H,12-13H2,(H,23,24). The van der Waals surface area contributed by atoms with Gasteiger partial charge in [-0.05, 0) is 45.9 Å². The summed E-state index contributed by atoms with van der Waals surface area (Å²) in [4.78, 5) is 11.7. The second-order valence-corrected chi connectivity index (χ2v) is 6.60. The number of aromatic carboxylic acids is 1. The molecule has 3 aromatic carbocycles. The van der Waals surface area contributed by atoms with Gasteiger partial charge in [-0.1, -0.05) is 60.7 Å². The molecule has 2 aliphatic rings. The lowest BCUT2D eigenvalue weighted by Gasteiger charge is -2.38. The van der Waals surface area contributed by atoms with Crippen molar-refractivity contribution in [2.75, 3.05) is 0 Å². The van der Waals surface area contributed by atoms with Crippen LogP contribution in [0.25, 0.3) is 0 Å². The molecule has 3 nitrogen and oxygen atoms in total. The highest BCUT2D eigenvalue weighted by Gasteiger charge is 2.48. The van der Waals surface area contributed by atoms with Gasteiger partial charge in [0.25, 0.3) is 0 Å². The van der Waals surface area contributed by atoms with Gasteiger partial charge >= 0.3 is 5.97 Å². The summed E-state index contributed by atoms with van der Waals surface area (Å²) in [5.74, 6) is -0.908. The summed E-state index contributed by atoms with van der Waals surface area (Å²) in [6.45, 7) is 0.306. The maximum Gasteiger partial charge on any atom is 0.336 e. The molecule has 0 unspecified atom stereocenters. The normalized spacial score (nSPS) is 16.2. The van der Waals surface area contributed by atoms with Crippen molar-refractivity contribution in [3.05, 3.63) is 106 Å². The van der Waals surface area contributed by atoms with Crippen LogP contribution in [0.4, 0.5) is 0 Å². The summed E-state index contributed by atoms with van der Waals surface area (Å²) in [6.07, 6.45) is 0.866. The van der Waals surface area contributed by atoms with E-state index in [9.17, 15) is 9.90 Å². The van der Waals surface area contributed by atoms with Crippen molar-refractivity contribution in [1.29, 1.82) is 0 Å². The van der Waals surface area contributed by atoms with Crippen LogP contribution in [0, 0.1) is 0 Å². The molecular formula is C22H16O3. The lowest BCUT2D eigenvalue weighted by molar-refractivity contribution is 0.0237.